The minimum absolute atomic E-state index is 0.00525. The van der Waals surface area contributed by atoms with Crippen LogP contribution in [-0.4, -0.2) is 184 Å². The van der Waals surface area contributed by atoms with E-state index in [0.29, 0.717) is 12.0 Å². The fraction of sp³-hybridized carbons (Fsp3) is 0.647. The molecular weight excluding hydrogens is 1030 g/mol. The van der Waals surface area contributed by atoms with E-state index in [4.69, 9.17) is 17.2 Å². The van der Waals surface area contributed by atoms with Crippen LogP contribution in [-0.2, 0) is 59.2 Å². The van der Waals surface area contributed by atoms with Crippen molar-refractivity contribution in [1.82, 2.24) is 52.8 Å². The number of carbonyl (C=O) groups is 11. The number of carboxylic acids is 1. The van der Waals surface area contributed by atoms with Crippen molar-refractivity contribution < 1.29 is 68.1 Å². The number of likely N-dealkylation sites (tertiary alicyclic amines) is 1. The number of aliphatic carboxylic acids is 1. The van der Waals surface area contributed by atoms with Crippen LogP contribution in [0, 0.1) is 17.8 Å². The van der Waals surface area contributed by atoms with E-state index < -0.39 is 157 Å². The molecule has 0 bridgehead atoms. The van der Waals surface area contributed by atoms with Crippen molar-refractivity contribution in [2.45, 2.75) is 167 Å². The SMILES string of the molecule is CC(C)C[C@H](NC(=O)[C@H](Cc1ccccc1)NC(=O)[C@@H](NC(=O)CNC(=O)CNC(=O)[C@@H](NC(=O)[C@@H](NC(=O)[C@H](CCCN=C(N)N)NC(=O)[C@H](C)NC(=O)[C@@H]1CCCN1C(=O)[C@@H](N)[C@@H](C)O)C(C)C)[C@@H](C)O)C(C)C)C(=O)O. The Kier molecular flexibility index (Phi) is 28.3. The van der Waals surface area contributed by atoms with Gasteiger partial charge in [0.05, 0.1) is 25.3 Å². The zero-order valence-corrected chi connectivity index (χ0v) is 46.5. The molecule has 1 aliphatic heterocycles. The molecule has 0 aromatic heterocycles. The first-order valence-electron chi connectivity index (χ1n) is 26.4. The van der Waals surface area contributed by atoms with Gasteiger partial charge in [-0.05, 0) is 76.2 Å². The lowest BCUT2D eigenvalue weighted by atomic mass is 10.00. The van der Waals surface area contributed by atoms with E-state index in [1.807, 2.05) is 0 Å². The van der Waals surface area contributed by atoms with Gasteiger partial charge in [0.2, 0.25) is 59.1 Å². The lowest BCUT2D eigenvalue weighted by molar-refractivity contribution is -0.143. The summed E-state index contributed by atoms with van der Waals surface area (Å²) in [7, 11) is 0. The maximum Gasteiger partial charge on any atom is 0.326 e. The molecule has 1 heterocycles. The predicted molar refractivity (Wildman–Crippen MR) is 288 cm³/mol. The molecule has 18 N–H and O–H groups in total. The number of benzene rings is 1. The normalized spacial score (nSPS) is 16.9. The molecule has 2 rings (SSSR count). The Bertz CT molecular complexity index is 2300. The van der Waals surface area contributed by atoms with Crippen molar-refractivity contribution in [2.75, 3.05) is 26.2 Å². The first-order valence-corrected chi connectivity index (χ1v) is 26.4. The molecule has 442 valence electrons. The van der Waals surface area contributed by atoms with Crippen LogP contribution in [0.3, 0.4) is 0 Å². The van der Waals surface area contributed by atoms with Crippen molar-refractivity contribution in [2.24, 2.45) is 39.9 Å². The second-order valence-corrected chi connectivity index (χ2v) is 20.7. The number of aliphatic hydroxyl groups excluding tert-OH is 2. The maximum absolute atomic E-state index is 13.9. The van der Waals surface area contributed by atoms with Crippen LogP contribution in [0.2, 0.25) is 0 Å². The van der Waals surface area contributed by atoms with Crippen molar-refractivity contribution >= 4 is 71.0 Å². The third-order valence-electron chi connectivity index (χ3n) is 12.7. The Morgan fingerprint density at radius 1 is 0.633 bits per heavy atom. The summed E-state index contributed by atoms with van der Waals surface area (Å²) in [4.78, 5) is 151. The molecule has 0 spiro atoms. The molecule has 1 aromatic carbocycles. The number of nitrogens with zero attached hydrogens (tertiary/aromatic N) is 2. The molecule has 10 amide bonds. The van der Waals surface area contributed by atoms with Crippen LogP contribution in [0.25, 0.3) is 0 Å². The van der Waals surface area contributed by atoms with Crippen LogP contribution in [0.15, 0.2) is 35.3 Å². The van der Waals surface area contributed by atoms with Gasteiger partial charge in [0.25, 0.3) is 0 Å². The molecule has 0 aliphatic carbocycles. The Labute approximate surface area is 460 Å². The monoisotopic (exact) mass is 1120 g/mol. The van der Waals surface area contributed by atoms with Gasteiger partial charge in [-0.2, -0.15) is 0 Å². The zero-order chi connectivity index (χ0) is 59.8. The van der Waals surface area contributed by atoms with Gasteiger partial charge in [0.1, 0.15) is 54.4 Å². The highest BCUT2D eigenvalue weighted by molar-refractivity contribution is 5.98. The van der Waals surface area contributed by atoms with E-state index in [0.717, 1.165) is 0 Å². The highest BCUT2D eigenvalue weighted by Crippen LogP contribution is 2.19. The summed E-state index contributed by atoms with van der Waals surface area (Å²) in [5, 5.41) is 52.4. The molecule has 1 saturated heterocycles. The van der Waals surface area contributed by atoms with Crippen molar-refractivity contribution in [3.05, 3.63) is 35.9 Å². The van der Waals surface area contributed by atoms with Gasteiger partial charge in [-0.3, -0.25) is 52.9 Å². The zero-order valence-electron chi connectivity index (χ0n) is 46.5. The van der Waals surface area contributed by atoms with E-state index in [2.05, 4.69) is 52.8 Å². The summed E-state index contributed by atoms with van der Waals surface area (Å²) in [6.07, 6.45) is -1.77. The van der Waals surface area contributed by atoms with Gasteiger partial charge < -0.3 is 85.3 Å². The number of hydrogen-bond donors (Lipinski definition) is 15. The van der Waals surface area contributed by atoms with Crippen LogP contribution in [0.4, 0.5) is 0 Å². The molecule has 79 heavy (non-hydrogen) atoms. The molecule has 0 saturated carbocycles. The Balaban J connectivity index is 2.10. The summed E-state index contributed by atoms with van der Waals surface area (Å²) in [5.41, 5.74) is 17.4. The average molecular weight is 1120 g/mol. The summed E-state index contributed by atoms with van der Waals surface area (Å²) in [5.74, 6) is -10.9. The summed E-state index contributed by atoms with van der Waals surface area (Å²) >= 11 is 0. The summed E-state index contributed by atoms with van der Waals surface area (Å²) in [6, 6.07) is -2.88. The van der Waals surface area contributed by atoms with Crippen LogP contribution in [0.5, 0.6) is 0 Å². The smallest absolute Gasteiger partial charge is 0.326 e. The minimum atomic E-state index is -1.68. The molecular formula is C51H84N14O14. The largest absolute Gasteiger partial charge is 0.480 e. The van der Waals surface area contributed by atoms with Gasteiger partial charge in [0.15, 0.2) is 5.96 Å². The van der Waals surface area contributed by atoms with E-state index >= 15 is 0 Å². The minimum Gasteiger partial charge on any atom is -0.480 e. The third kappa shape index (κ3) is 23.2. The fourth-order valence-corrected chi connectivity index (χ4v) is 8.15. The molecule has 0 radical (unpaired) electrons. The molecule has 28 heteroatoms. The van der Waals surface area contributed by atoms with Gasteiger partial charge >= 0.3 is 5.97 Å². The Morgan fingerprint density at radius 3 is 1.73 bits per heavy atom. The molecule has 1 aromatic rings. The lowest BCUT2D eigenvalue weighted by Gasteiger charge is -2.29. The van der Waals surface area contributed by atoms with Gasteiger partial charge in [-0.25, -0.2) is 4.79 Å². The van der Waals surface area contributed by atoms with Crippen molar-refractivity contribution in [3.63, 3.8) is 0 Å². The number of guanidine groups is 1. The van der Waals surface area contributed by atoms with E-state index in [9.17, 15) is 68.1 Å². The summed E-state index contributed by atoms with van der Waals surface area (Å²) < 4.78 is 0. The standard InChI is InChI=1S/C51H84N14O14/c1-25(2)21-34(50(78)79)61-44(72)33(22-31-15-11-10-12-16-31)60-47(75)39(26(3)4)62-37(69)24-56-36(68)23-57-46(74)41(30(9)67)64-48(76)40(27(5)6)63-43(71)32(17-13-19-55-51(53)54)59-42(70)28(7)58-45(73)35-18-14-20-65(35)49(77)38(52)29(8)66/h10-12,15-16,25-30,32-35,38-41,66-67H,13-14,17-24,52H2,1-9H3,(H,56,68)(H,57,74)(H,58,73)(H,59,70)(H,60,75)(H,61,72)(H,62,69)(H,63,71)(H,64,76)(H,78,79)(H4,53,54,55)/t28-,29+,30+,32-,33-,34-,35-,38-,39-,40-,41-/m0/s1. The number of hydrogen-bond acceptors (Lipinski definition) is 15. The van der Waals surface area contributed by atoms with Crippen LogP contribution in [0.1, 0.15) is 100.0 Å². The van der Waals surface area contributed by atoms with E-state index in [1.165, 1.54) is 25.7 Å². The Morgan fingerprint density at radius 2 is 1.18 bits per heavy atom. The number of carboxylic acid groups (broad SMARTS) is 1. The topological polar surface area (TPSA) is 450 Å². The highest BCUT2D eigenvalue weighted by atomic mass is 16.4. The molecule has 1 fully saturated rings. The van der Waals surface area contributed by atoms with Crippen molar-refractivity contribution in [1.29, 1.82) is 0 Å². The summed E-state index contributed by atoms with van der Waals surface area (Å²) in [6.45, 7) is 12.7. The second-order valence-electron chi connectivity index (χ2n) is 20.7. The number of carbonyl (C=O) groups excluding carboxylic acids is 10. The molecule has 28 nitrogen and oxygen atoms in total. The number of aliphatic hydroxyl groups is 2. The lowest BCUT2D eigenvalue weighted by Crippen LogP contribution is -2.61. The Hall–Kier alpha value is -7.46. The maximum atomic E-state index is 13.9. The van der Waals surface area contributed by atoms with Crippen LogP contribution >= 0.6 is 0 Å². The third-order valence-corrected chi connectivity index (χ3v) is 12.7. The quantitative estimate of drug-likeness (QED) is 0.0184. The molecule has 11 atom stereocenters. The highest BCUT2D eigenvalue weighted by Gasteiger charge is 2.39. The van der Waals surface area contributed by atoms with Crippen molar-refractivity contribution in [3.8, 4) is 0 Å². The number of amides is 10. The number of rotatable bonds is 32. The predicted octanol–water partition coefficient (Wildman–Crippen LogP) is -4.55. The van der Waals surface area contributed by atoms with E-state index in [1.54, 1.807) is 71.9 Å². The first kappa shape index (κ1) is 67.6. The fourth-order valence-electron chi connectivity index (χ4n) is 8.15. The average Bonchev–Trinajstić information content (AvgIpc) is 3.88. The van der Waals surface area contributed by atoms with Gasteiger partial charge in [0, 0.05) is 19.5 Å². The van der Waals surface area contributed by atoms with E-state index in [-0.39, 0.29) is 57.1 Å². The number of nitrogens with two attached hydrogens (primary N) is 3. The van der Waals surface area contributed by atoms with Gasteiger partial charge in [-0.1, -0.05) is 71.9 Å². The second kappa shape index (κ2) is 33.1. The number of nitrogens with one attached hydrogen (secondary N) is 9. The molecule has 0 unspecified atom stereocenters. The first-order chi connectivity index (χ1) is 36.9. The van der Waals surface area contributed by atoms with Gasteiger partial charge in [-0.15, -0.1) is 0 Å². The number of aliphatic imine (C=N–C) groups is 1. The molecule has 1 aliphatic rings. The van der Waals surface area contributed by atoms with Crippen LogP contribution < -0.4 is 65.1 Å².